The maximum absolute atomic E-state index is 14.3. The first-order chi connectivity index (χ1) is 14.7. The zero-order valence-corrected chi connectivity index (χ0v) is 16.8. The first kappa shape index (κ1) is 19.1. The number of nitrogens with one attached hydrogen (secondary N) is 1. The Balaban J connectivity index is 1.30. The molecule has 30 heavy (non-hydrogen) atoms. The average Bonchev–Trinajstić information content (AvgIpc) is 3.43. The Hall–Kier alpha value is -2.93. The average molecular weight is 408 g/mol. The first-order valence-electron chi connectivity index (χ1n) is 10.5. The lowest BCUT2D eigenvalue weighted by Gasteiger charge is -2.36. The molecule has 4 heterocycles. The summed E-state index contributed by atoms with van der Waals surface area (Å²) in [6, 6.07) is 10.5. The van der Waals surface area contributed by atoms with Crippen LogP contribution in [-0.2, 0) is 24.3 Å². The summed E-state index contributed by atoms with van der Waals surface area (Å²) in [5, 5.41) is 7.42. The van der Waals surface area contributed by atoms with Gasteiger partial charge in [0.05, 0.1) is 18.7 Å². The Morgan fingerprint density at radius 1 is 1.23 bits per heavy atom. The molecule has 5 rings (SSSR count). The smallest absolute Gasteiger partial charge is 0.227 e. The van der Waals surface area contributed by atoms with Crippen molar-refractivity contribution in [2.45, 2.75) is 32.4 Å². The van der Waals surface area contributed by atoms with Crippen LogP contribution in [0, 0.1) is 11.7 Å². The van der Waals surface area contributed by atoms with E-state index in [0.717, 1.165) is 49.5 Å². The molecule has 1 unspecified atom stereocenters. The Morgan fingerprint density at radius 3 is 2.97 bits per heavy atom. The predicted molar refractivity (Wildman–Crippen MR) is 110 cm³/mol. The SMILES string of the molecule is O=C(C1CCCN(Cc2ccco2)C1)N1CCc2[nH]nc(-c3ccccc3F)c2C1. The molecular formula is C23H25FN4O2. The number of aromatic nitrogens is 2. The predicted octanol–water partition coefficient (Wildman–Crippen LogP) is 3.61. The van der Waals surface area contributed by atoms with Crippen molar-refractivity contribution in [2.24, 2.45) is 5.92 Å². The molecule has 1 fully saturated rings. The molecule has 0 bridgehead atoms. The third-order valence-electron chi connectivity index (χ3n) is 6.19. The molecule has 156 valence electrons. The van der Waals surface area contributed by atoms with E-state index in [9.17, 15) is 9.18 Å². The van der Waals surface area contributed by atoms with Crippen molar-refractivity contribution in [1.82, 2.24) is 20.0 Å². The van der Waals surface area contributed by atoms with Gasteiger partial charge >= 0.3 is 0 Å². The molecule has 1 saturated heterocycles. The molecule has 0 aliphatic carbocycles. The second-order valence-electron chi connectivity index (χ2n) is 8.17. The van der Waals surface area contributed by atoms with Gasteiger partial charge in [-0.1, -0.05) is 12.1 Å². The summed E-state index contributed by atoms with van der Waals surface area (Å²) in [4.78, 5) is 17.5. The molecular weight excluding hydrogens is 383 g/mol. The standard InChI is InChI=1S/C23H25FN4O2/c24-20-8-2-1-7-18(20)22-19-15-28(11-9-21(19)25-26-22)23(29)16-5-3-10-27(13-16)14-17-6-4-12-30-17/h1-2,4,6-8,12,16H,3,5,9-11,13-15H2,(H,25,26). The molecule has 2 aromatic heterocycles. The minimum atomic E-state index is -0.295. The number of furan rings is 1. The van der Waals surface area contributed by atoms with Crippen molar-refractivity contribution in [3.63, 3.8) is 0 Å². The summed E-state index contributed by atoms with van der Waals surface area (Å²) in [5.74, 6) is 0.805. The van der Waals surface area contributed by atoms with Crippen LogP contribution >= 0.6 is 0 Å². The second kappa shape index (κ2) is 8.07. The van der Waals surface area contributed by atoms with Crippen LogP contribution in [0.3, 0.4) is 0 Å². The Kier molecular flexibility index (Phi) is 5.12. The van der Waals surface area contributed by atoms with Gasteiger partial charge in [-0.15, -0.1) is 0 Å². The monoisotopic (exact) mass is 408 g/mol. The van der Waals surface area contributed by atoms with E-state index in [-0.39, 0.29) is 17.6 Å². The van der Waals surface area contributed by atoms with Gasteiger partial charge in [-0.3, -0.25) is 14.8 Å². The second-order valence-corrected chi connectivity index (χ2v) is 8.17. The number of carbonyl (C=O) groups excluding carboxylic acids is 1. The van der Waals surface area contributed by atoms with Gasteiger partial charge in [-0.25, -0.2) is 4.39 Å². The fourth-order valence-electron chi connectivity index (χ4n) is 4.64. The molecule has 1 amide bonds. The Morgan fingerprint density at radius 2 is 2.13 bits per heavy atom. The van der Waals surface area contributed by atoms with Crippen LogP contribution in [0.15, 0.2) is 47.1 Å². The summed E-state index contributed by atoms with van der Waals surface area (Å²) in [6.45, 7) is 3.60. The largest absolute Gasteiger partial charge is 0.468 e. The number of H-pyrrole nitrogens is 1. The first-order valence-corrected chi connectivity index (χ1v) is 10.5. The third kappa shape index (κ3) is 3.65. The van der Waals surface area contributed by atoms with Gasteiger partial charge in [0.2, 0.25) is 5.91 Å². The molecule has 0 radical (unpaired) electrons. The van der Waals surface area contributed by atoms with E-state index in [4.69, 9.17) is 4.42 Å². The highest BCUT2D eigenvalue weighted by Crippen LogP contribution is 2.31. The fraction of sp³-hybridized carbons (Fsp3) is 0.391. The summed E-state index contributed by atoms with van der Waals surface area (Å²) < 4.78 is 19.8. The number of nitrogens with zero attached hydrogens (tertiary/aromatic N) is 3. The zero-order chi connectivity index (χ0) is 20.5. The van der Waals surface area contributed by atoms with Crippen LogP contribution in [0.2, 0.25) is 0 Å². The summed E-state index contributed by atoms with van der Waals surface area (Å²) in [6.07, 6.45) is 4.31. The zero-order valence-electron chi connectivity index (χ0n) is 16.8. The van der Waals surface area contributed by atoms with Gasteiger partial charge in [0.1, 0.15) is 17.3 Å². The molecule has 3 aromatic rings. The number of aromatic amines is 1. The molecule has 1 N–H and O–H groups in total. The van der Waals surface area contributed by atoms with Gasteiger partial charge in [-0.05, 0) is 43.7 Å². The van der Waals surface area contributed by atoms with Gasteiger partial charge < -0.3 is 9.32 Å². The topological polar surface area (TPSA) is 65.4 Å². The van der Waals surface area contributed by atoms with E-state index >= 15 is 0 Å². The number of benzene rings is 1. The quantitative estimate of drug-likeness (QED) is 0.716. The van der Waals surface area contributed by atoms with E-state index in [1.807, 2.05) is 17.0 Å². The number of amides is 1. The highest BCUT2D eigenvalue weighted by atomic mass is 19.1. The minimum absolute atomic E-state index is 0.0147. The van der Waals surface area contributed by atoms with E-state index < -0.39 is 0 Å². The molecule has 7 heteroatoms. The number of carbonyl (C=O) groups is 1. The highest BCUT2D eigenvalue weighted by molar-refractivity contribution is 5.80. The maximum atomic E-state index is 14.3. The van der Waals surface area contributed by atoms with E-state index in [1.54, 1.807) is 24.5 Å². The fourth-order valence-corrected chi connectivity index (χ4v) is 4.64. The molecule has 6 nitrogen and oxygen atoms in total. The van der Waals surface area contributed by atoms with Crippen molar-refractivity contribution in [1.29, 1.82) is 0 Å². The summed E-state index contributed by atoms with van der Waals surface area (Å²) in [5.41, 5.74) is 3.03. The van der Waals surface area contributed by atoms with E-state index in [2.05, 4.69) is 15.1 Å². The molecule has 0 saturated carbocycles. The molecule has 1 atom stereocenters. The Labute approximate surface area is 174 Å². The van der Waals surface area contributed by atoms with Gasteiger partial charge in [-0.2, -0.15) is 5.10 Å². The van der Waals surface area contributed by atoms with Crippen LogP contribution in [0.4, 0.5) is 4.39 Å². The summed E-state index contributed by atoms with van der Waals surface area (Å²) >= 11 is 0. The Bertz CT molecular complexity index is 1030. The lowest BCUT2D eigenvalue weighted by molar-refractivity contribution is -0.138. The number of hydrogen-bond donors (Lipinski definition) is 1. The number of halogens is 1. The third-order valence-corrected chi connectivity index (χ3v) is 6.19. The lowest BCUT2D eigenvalue weighted by Crippen LogP contribution is -2.46. The number of rotatable bonds is 4. The molecule has 2 aliphatic heterocycles. The molecule has 0 spiro atoms. The number of likely N-dealkylation sites (tertiary alicyclic amines) is 1. The van der Waals surface area contributed by atoms with Crippen molar-refractivity contribution >= 4 is 5.91 Å². The van der Waals surface area contributed by atoms with E-state index in [1.165, 1.54) is 6.07 Å². The molecule has 2 aliphatic rings. The van der Waals surface area contributed by atoms with Crippen molar-refractivity contribution in [3.05, 3.63) is 65.5 Å². The van der Waals surface area contributed by atoms with Gasteiger partial charge in [0.15, 0.2) is 0 Å². The lowest BCUT2D eigenvalue weighted by atomic mass is 9.94. The van der Waals surface area contributed by atoms with Crippen molar-refractivity contribution in [3.8, 4) is 11.3 Å². The normalized spacial score (nSPS) is 19.6. The van der Waals surface area contributed by atoms with Crippen LogP contribution < -0.4 is 0 Å². The maximum Gasteiger partial charge on any atom is 0.227 e. The van der Waals surface area contributed by atoms with Crippen molar-refractivity contribution in [2.75, 3.05) is 19.6 Å². The number of fused-ring (bicyclic) bond motifs is 1. The van der Waals surface area contributed by atoms with Crippen LogP contribution in [0.25, 0.3) is 11.3 Å². The van der Waals surface area contributed by atoms with E-state index in [0.29, 0.717) is 30.8 Å². The van der Waals surface area contributed by atoms with Crippen LogP contribution in [-0.4, -0.2) is 45.5 Å². The number of hydrogen-bond acceptors (Lipinski definition) is 4. The van der Waals surface area contributed by atoms with Crippen molar-refractivity contribution < 1.29 is 13.6 Å². The van der Waals surface area contributed by atoms with Gasteiger partial charge in [0, 0.05) is 42.9 Å². The van der Waals surface area contributed by atoms with Crippen LogP contribution in [0.1, 0.15) is 29.9 Å². The summed E-state index contributed by atoms with van der Waals surface area (Å²) in [7, 11) is 0. The number of piperidine rings is 1. The van der Waals surface area contributed by atoms with Crippen LogP contribution in [0.5, 0.6) is 0 Å². The minimum Gasteiger partial charge on any atom is -0.468 e. The van der Waals surface area contributed by atoms with Gasteiger partial charge in [0.25, 0.3) is 0 Å². The highest BCUT2D eigenvalue weighted by Gasteiger charge is 2.33. The molecule has 1 aromatic carbocycles.